The second kappa shape index (κ2) is 10.5. The van der Waals surface area contributed by atoms with E-state index in [1.54, 1.807) is 13.8 Å². The van der Waals surface area contributed by atoms with Crippen molar-refractivity contribution in [2.75, 3.05) is 13.8 Å². The average Bonchev–Trinajstić information content (AvgIpc) is 2.63. The van der Waals surface area contributed by atoms with Gasteiger partial charge in [-0.05, 0) is 26.3 Å². The lowest BCUT2D eigenvalue weighted by molar-refractivity contribution is -0.143. The Kier molecular flexibility index (Phi) is 8.74. The molecule has 0 aliphatic heterocycles. The minimum atomic E-state index is -1.13. The van der Waals surface area contributed by atoms with Gasteiger partial charge in [0.2, 0.25) is 11.8 Å². The monoisotopic (exact) mass is 365 g/mol. The predicted molar refractivity (Wildman–Crippen MR) is 96.2 cm³/mol. The van der Waals surface area contributed by atoms with E-state index in [1.165, 1.54) is 18.9 Å². The topological polar surface area (TPSA) is 108 Å². The number of amides is 2. The molecule has 26 heavy (non-hydrogen) atoms. The number of likely N-dealkylation sites (N-methyl/N-ethyl adjacent to an activating group) is 1. The fraction of sp³-hybridized carbons (Fsp3) is 0.500. The standard InChI is InChI=1S/C18H27N3O5/c1-12(19-11-26-10-15-8-6-5-7-9-15)17(23)21(4)14(3)16(22)20-13(2)18(24)25/h5-9,12-14,19H,10-11H2,1-4H3,(H,20,22)(H,24,25)/t12-,13-,14-/m0/s1. The van der Waals surface area contributed by atoms with Gasteiger partial charge in [-0.25, -0.2) is 0 Å². The molecular formula is C18H27N3O5. The van der Waals surface area contributed by atoms with Crippen LogP contribution in [0, 0.1) is 0 Å². The highest BCUT2D eigenvalue weighted by molar-refractivity contribution is 5.91. The van der Waals surface area contributed by atoms with Crippen LogP contribution >= 0.6 is 0 Å². The zero-order chi connectivity index (χ0) is 19.7. The summed E-state index contributed by atoms with van der Waals surface area (Å²) in [6.07, 6.45) is 0. The van der Waals surface area contributed by atoms with Gasteiger partial charge in [0.25, 0.3) is 0 Å². The van der Waals surface area contributed by atoms with E-state index in [-0.39, 0.29) is 12.6 Å². The lowest BCUT2D eigenvalue weighted by Gasteiger charge is -2.27. The molecule has 0 aromatic heterocycles. The molecule has 3 N–H and O–H groups in total. The molecule has 0 aliphatic carbocycles. The molecule has 0 unspecified atom stereocenters. The molecule has 0 saturated heterocycles. The minimum Gasteiger partial charge on any atom is -0.480 e. The number of carboxylic acid groups (broad SMARTS) is 1. The van der Waals surface area contributed by atoms with Crippen molar-refractivity contribution in [3.63, 3.8) is 0 Å². The summed E-state index contributed by atoms with van der Waals surface area (Å²) >= 11 is 0. The molecule has 0 heterocycles. The first-order chi connectivity index (χ1) is 12.2. The normalized spacial score (nSPS) is 14.2. The third-order valence-corrected chi connectivity index (χ3v) is 4.01. The molecular weight excluding hydrogens is 338 g/mol. The lowest BCUT2D eigenvalue weighted by atomic mass is 10.2. The van der Waals surface area contributed by atoms with Crippen molar-refractivity contribution in [1.82, 2.24) is 15.5 Å². The number of nitrogens with one attached hydrogen (secondary N) is 2. The van der Waals surface area contributed by atoms with E-state index in [0.717, 1.165) is 5.56 Å². The number of benzene rings is 1. The van der Waals surface area contributed by atoms with Crippen molar-refractivity contribution >= 4 is 17.8 Å². The van der Waals surface area contributed by atoms with Crippen LogP contribution in [0.5, 0.6) is 0 Å². The Labute approximate surface area is 153 Å². The molecule has 8 nitrogen and oxygen atoms in total. The first-order valence-electron chi connectivity index (χ1n) is 8.39. The van der Waals surface area contributed by atoms with E-state index >= 15 is 0 Å². The Hall–Kier alpha value is -2.45. The summed E-state index contributed by atoms with van der Waals surface area (Å²) < 4.78 is 5.48. The number of carboxylic acids is 1. The lowest BCUT2D eigenvalue weighted by Crippen LogP contribution is -2.53. The van der Waals surface area contributed by atoms with Crippen LogP contribution in [0.2, 0.25) is 0 Å². The third-order valence-electron chi connectivity index (χ3n) is 4.01. The van der Waals surface area contributed by atoms with Gasteiger partial charge in [0, 0.05) is 7.05 Å². The maximum atomic E-state index is 12.4. The number of rotatable bonds is 10. The van der Waals surface area contributed by atoms with Crippen LogP contribution in [0.4, 0.5) is 0 Å². The van der Waals surface area contributed by atoms with Crippen LogP contribution in [-0.4, -0.2) is 59.7 Å². The quantitative estimate of drug-likeness (QED) is 0.413. The largest absolute Gasteiger partial charge is 0.480 e. The van der Waals surface area contributed by atoms with E-state index in [4.69, 9.17) is 9.84 Å². The number of ether oxygens (including phenoxy) is 1. The molecule has 8 heteroatoms. The highest BCUT2D eigenvalue weighted by Gasteiger charge is 2.27. The number of nitrogens with zero attached hydrogens (tertiary/aromatic N) is 1. The highest BCUT2D eigenvalue weighted by atomic mass is 16.5. The summed E-state index contributed by atoms with van der Waals surface area (Å²) in [7, 11) is 1.50. The highest BCUT2D eigenvalue weighted by Crippen LogP contribution is 2.02. The van der Waals surface area contributed by atoms with E-state index in [9.17, 15) is 14.4 Å². The van der Waals surface area contributed by atoms with Crippen molar-refractivity contribution < 1.29 is 24.2 Å². The van der Waals surface area contributed by atoms with Crippen molar-refractivity contribution in [1.29, 1.82) is 0 Å². The fourth-order valence-corrected chi connectivity index (χ4v) is 2.08. The van der Waals surface area contributed by atoms with Crippen LogP contribution in [0.25, 0.3) is 0 Å². The molecule has 1 aromatic rings. The number of carbonyl (C=O) groups is 3. The van der Waals surface area contributed by atoms with Gasteiger partial charge in [-0.1, -0.05) is 30.3 Å². The molecule has 1 aromatic carbocycles. The number of carbonyl (C=O) groups excluding carboxylic acids is 2. The molecule has 0 radical (unpaired) electrons. The Morgan fingerprint density at radius 2 is 1.73 bits per heavy atom. The first kappa shape index (κ1) is 21.6. The SMILES string of the molecule is C[C@H](NC(=O)[C@H](C)N(C)C(=O)[C@H](C)NCOCc1ccccc1)C(=O)O. The van der Waals surface area contributed by atoms with Gasteiger partial charge < -0.3 is 20.1 Å². The minimum absolute atomic E-state index is 0.187. The molecule has 0 aliphatic rings. The zero-order valence-electron chi connectivity index (χ0n) is 15.6. The van der Waals surface area contributed by atoms with Crippen LogP contribution in [-0.2, 0) is 25.7 Å². The number of aliphatic carboxylic acids is 1. The van der Waals surface area contributed by atoms with Gasteiger partial charge in [0.1, 0.15) is 12.1 Å². The van der Waals surface area contributed by atoms with Crippen LogP contribution in [0.3, 0.4) is 0 Å². The van der Waals surface area contributed by atoms with Gasteiger partial charge >= 0.3 is 5.97 Å². The second-order valence-corrected chi connectivity index (χ2v) is 6.10. The molecule has 3 atom stereocenters. The molecule has 144 valence electrons. The maximum Gasteiger partial charge on any atom is 0.325 e. The number of hydrogen-bond donors (Lipinski definition) is 3. The van der Waals surface area contributed by atoms with Crippen LogP contribution < -0.4 is 10.6 Å². The maximum absolute atomic E-state index is 12.4. The van der Waals surface area contributed by atoms with Crippen LogP contribution in [0.15, 0.2) is 30.3 Å². The summed E-state index contributed by atoms with van der Waals surface area (Å²) in [5.41, 5.74) is 1.03. The first-order valence-corrected chi connectivity index (χ1v) is 8.39. The summed E-state index contributed by atoms with van der Waals surface area (Å²) in [5, 5.41) is 14.1. The van der Waals surface area contributed by atoms with Gasteiger partial charge in [0.15, 0.2) is 0 Å². The Morgan fingerprint density at radius 3 is 2.31 bits per heavy atom. The summed E-state index contributed by atoms with van der Waals surface area (Å²) in [5.74, 6) is -1.95. The van der Waals surface area contributed by atoms with Gasteiger partial charge in [0.05, 0.1) is 19.4 Å². The molecule has 0 bridgehead atoms. The van der Waals surface area contributed by atoms with E-state index < -0.39 is 30.0 Å². The average molecular weight is 365 g/mol. The number of hydrogen-bond acceptors (Lipinski definition) is 5. The summed E-state index contributed by atoms with van der Waals surface area (Å²) in [6.45, 7) is 5.20. The summed E-state index contributed by atoms with van der Waals surface area (Å²) in [4.78, 5) is 36.5. The Bertz CT molecular complexity index is 608. The zero-order valence-corrected chi connectivity index (χ0v) is 15.6. The van der Waals surface area contributed by atoms with Crippen molar-refractivity contribution in [3.05, 3.63) is 35.9 Å². The molecule has 0 spiro atoms. The summed E-state index contributed by atoms with van der Waals surface area (Å²) in [6, 6.07) is 7.29. The van der Waals surface area contributed by atoms with E-state index in [1.807, 2.05) is 30.3 Å². The van der Waals surface area contributed by atoms with Gasteiger partial charge in [-0.15, -0.1) is 0 Å². The van der Waals surface area contributed by atoms with Crippen molar-refractivity contribution in [2.45, 2.75) is 45.5 Å². The smallest absolute Gasteiger partial charge is 0.325 e. The van der Waals surface area contributed by atoms with Crippen molar-refractivity contribution in [2.24, 2.45) is 0 Å². The Morgan fingerprint density at radius 1 is 1.12 bits per heavy atom. The molecule has 2 amide bonds. The molecule has 0 saturated carbocycles. The fourth-order valence-electron chi connectivity index (χ4n) is 2.08. The van der Waals surface area contributed by atoms with Crippen LogP contribution in [0.1, 0.15) is 26.3 Å². The predicted octanol–water partition coefficient (Wildman–Crippen LogP) is 0.575. The van der Waals surface area contributed by atoms with E-state index in [2.05, 4.69) is 10.6 Å². The second-order valence-electron chi connectivity index (χ2n) is 6.10. The third kappa shape index (κ3) is 6.81. The van der Waals surface area contributed by atoms with Gasteiger partial charge in [-0.3, -0.25) is 19.7 Å². The van der Waals surface area contributed by atoms with Crippen molar-refractivity contribution in [3.8, 4) is 0 Å². The molecule has 1 rings (SSSR count). The molecule has 0 fully saturated rings. The Balaban J connectivity index is 2.40. The van der Waals surface area contributed by atoms with Gasteiger partial charge in [-0.2, -0.15) is 0 Å². The van der Waals surface area contributed by atoms with E-state index in [0.29, 0.717) is 6.61 Å².